The molecule has 9 atom stereocenters. The lowest BCUT2D eigenvalue weighted by Gasteiger charge is -2.57. The van der Waals surface area contributed by atoms with Gasteiger partial charge in [0.15, 0.2) is 0 Å². The Morgan fingerprint density at radius 2 is 2.09 bits per heavy atom. The first-order chi connectivity index (χ1) is 11.0. The Bertz CT molecular complexity index is 550. The zero-order valence-corrected chi connectivity index (χ0v) is 14.7. The van der Waals surface area contributed by atoms with Crippen LogP contribution in [0.4, 0.5) is 0 Å². The highest BCUT2D eigenvalue weighted by Crippen LogP contribution is 2.79. The van der Waals surface area contributed by atoms with Gasteiger partial charge in [-0.05, 0) is 85.9 Å². The van der Waals surface area contributed by atoms with Crippen LogP contribution in [0.5, 0.6) is 0 Å². The molecule has 4 fully saturated rings. The summed E-state index contributed by atoms with van der Waals surface area (Å²) in [5, 5.41) is 20.1. The maximum absolute atomic E-state index is 10.1. The number of hydrogen-bond acceptors (Lipinski definition) is 2. The summed E-state index contributed by atoms with van der Waals surface area (Å²) in [6.07, 6.45) is 10.8. The third-order valence-corrected chi connectivity index (χ3v) is 9.35. The Labute approximate surface area is 140 Å². The first kappa shape index (κ1) is 15.0. The van der Waals surface area contributed by atoms with Crippen molar-refractivity contribution in [3.63, 3.8) is 0 Å². The van der Waals surface area contributed by atoms with Crippen LogP contribution < -0.4 is 0 Å². The van der Waals surface area contributed by atoms with Crippen molar-refractivity contribution in [2.24, 2.45) is 46.3 Å². The second-order valence-corrected chi connectivity index (χ2v) is 9.93. The zero-order valence-electron chi connectivity index (χ0n) is 14.7. The van der Waals surface area contributed by atoms with Gasteiger partial charge < -0.3 is 10.2 Å². The molecule has 2 N–H and O–H groups in total. The minimum Gasteiger partial charge on any atom is -0.396 e. The minimum atomic E-state index is -0.185. The van der Waals surface area contributed by atoms with Gasteiger partial charge >= 0.3 is 0 Å². The molecule has 5 aliphatic carbocycles. The topological polar surface area (TPSA) is 40.5 Å². The van der Waals surface area contributed by atoms with Crippen LogP contribution in [0.2, 0.25) is 0 Å². The third-order valence-electron chi connectivity index (χ3n) is 9.35. The van der Waals surface area contributed by atoms with Gasteiger partial charge in [0.25, 0.3) is 0 Å². The third kappa shape index (κ3) is 1.73. The smallest absolute Gasteiger partial charge is 0.0723 e. The van der Waals surface area contributed by atoms with E-state index in [1.165, 1.54) is 38.5 Å². The van der Waals surface area contributed by atoms with Gasteiger partial charge in [-0.1, -0.05) is 25.5 Å². The first-order valence-electron chi connectivity index (χ1n) is 10.00. The van der Waals surface area contributed by atoms with Gasteiger partial charge in [0.2, 0.25) is 0 Å². The molecule has 2 nitrogen and oxygen atoms in total. The Morgan fingerprint density at radius 3 is 2.87 bits per heavy atom. The fraction of sp³-hybridized carbons (Fsp3) is 0.905. The molecule has 4 saturated carbocycles. The molecule has 128 valence electrons. The lowest BCUT2D eigenvalue weighted by atomic mass is 9.47. The fourth-order valence-corrected chi connectivity index (χ4v) is 8.17. The van der Waals surface area contributed by atoms with E-state index in [0.717, 1.165) is 41.9 Å². The van der Waals surface area contributed by atoms with Crippen molar-refractivity contribution < 1.29 is 10.2 Å². The van der Waals surface area contributed by atoms with E-state index < -0.39 is 0 Å². The highest BCUT2D eigenvalue weighted by Gasteiger charge is 2.74. The second kappa shape index (κ2) is 4.64. The molecule has 5 rings (SSSR count). The summed E-state index contributed by atoms with van der Waals surface area (Å²) in [4.78, 5) is 0. The van der Waals surface area contributed by atoms with Crippen LogP contribution in [0.3, 0.4) is 0 Å². The Hall–Kier alpha value is -0.340. The van der Waals surface area contributed by atoms with Crippen LogP contribution in [0.1, 0.15) is 58.8 Å². The van der Waals surface area contributed by atoms with E-state index in [1.807, 2.05) is 0 Å². The molecule has 0 aromatic carbocycles. The molecule has 0 saturated heterocycles. The molecule has 0 aromatic rings. The standard InChI is InChI=1S/C21H32O2/c1-12-7-13-8-15(23)3-4-16(13)17-5-6-20(2)18(19(12)17)9-14-10-21(14,20)11-22/h8,12,14-19,22-23H,3-7,9-11H2,1-2H3/t12-,14-,15+,16+,17-,18-,19-,20+,21-/m1/s1. The van der Waals surface area contributed by atoms with Crippen LogP contribution in [0.15, 0.2) is 11.6 Å². The molecule has 0 unspecified atom stereocenters. The van der Waals surface area contributed by atoms with Crippen molar-refractivity contribution in [1.82, 2.24) is 0 Å². The summed E-state index contributed by atoms with van der Waals surface area (Å²) in [7, 11) is 0. The summed E-state index contributed by atoms with van der Waals surface area (Å²) in [5.74, 6) is 4.89. The maximum Gasteiger partial charge on any atom is 0.0723 e. The van der Waals surface area contributed by atoms with Crippen molar-refractivity contribution in [3.05, 3.63) is 11.6 Å². The molecule has 0 amide bonds. The van der Waals surface area contributed by atoms with Crippen LogP contribution in [-0.2, 0) is 0 Å². The summed E-state index contributed by atoms with van der Waals surface area (Å²) >= 11 is 0. The number of aliphatic hydroxyl groups is 2. The van der Waals surface area contributed by atoms with Crippen LogP contribution in [0.25, 0.3) is 0 Å². The highest BCUT2D eigenvalue weighted by atomic mass is 16.3. The van der Waals surface area contributed by atoms with E-state index >= 15 is 0 Å². The summed E-state index contributed by atoms with van der Waals surface area (Å²) in [6, 6.07) is 0. The number of hydrogen-bond donors (Lipinski definition) is 2. The predicted octanol–water partition coefficient (Wildman–Crippen LogP) is 3.77. The minimum absolute atomic E-state index is 0.185. The van der Waals surface area contributed by atoms with E-state index in [9.17, 15) is 10.2 Å². The van der Waals surface area contributed by atoms with Crippen LogP contribution >= 0.6 is 0 Å². The van der Waals surface area contributed by atoms with E-state index in [0.29, 0.717) is 17.4 Å². The van der Waals surface area contributed by atoms with E-state index in [-0.39, 0.29) is 6.10 Å². The van der Waals surface area contributed by atoms with Crippen molar-refractivity contribution in [3.8, 4) is 0 Å². The van der Waals surface area contributed by atoms with Gasteiger partial charge in [0.05, 0.1) is 6.10 Å². The molecule has 5 aliphatic rings. The maximum atomic E-state index is 10.1. The van der Waals surface area contributed by atoms with Gasteiger partial charge in [-0.3, -0.25) is 0 Å². The van der Waals surface area contributed by atoms with E-state index in [2.05, 4.69) is 19.9 Å². The van der Waals surface area contributed by atoms with Gasteiger partial charge in [0.1, 0.15) is 0 Å². The number of fused-ring (bicyclic) bond motifs is 7. The summed E-state index contributed by atoms with van der Waals surface area (Å²) in [5.41, 5.74) is 2.28. The Morgan fingerprint density at radius 1 is 1.26 bits per heavy atom. The quantitative estimate of drug-likeness (QED) is 0.723. The molecule has 0 heterocycles. The molecular formula is C21H32O2. The number of rotatable bonds is 1. The van der Waals surface area contributed by atoms with Crippen molar-refractivity contribution >= 4 is 0 Å². The van der Waals surface area contributed by atoms with Gasteiger partial charge in [-0.15, -0.1) is 0 Å². The first-order valence-corrected chi connectivity index (χ1v) is 10.00. The van der Waals surface area contributed by atoms with Gasteiger partial charge in [-0.2, -0.15) is 0 Å². The van der Waals surface area contributed by atoms with E-state index in [4.69, 9.17) is 0 Å². The SMILES string of the molecule is C[C@@H]1CC2=C[C@@H](O)CC[C@@H]2[C@H]2CC[C@@]3(C)[C@H](C[C@@H]4C[C@@]43CO)[C@@H]21. The van der Waals surface area contributed by atoms with Gasteiger partial charge in [-0.25, -0.2) is 0 Å². The van der Waals surface area contributed by atoms with Crippen molar-refractivity contribution in [1.29, 1.82) is 0 Å². The normalized spacial score (nSPS) is 60.2. The molecular weight excluding hydrogens is 284 g/mol. The van der Waals surface area contributed by atoms with Crippen LogP contribution in [-0.4, -0.2) is 22.9 Å². The number of aliphatic hydroxyl groups excluding tert-OH is 2. The van der Waals surface area contributed by atoms with Gasteiger partial charge in [0, 0.05) is 12.0 Å². The molecule has 2 heteroatoms. The molecule has 23 heavy (non-hydrogen) atoms. The molecule has 0 bridgehead atoms. The summed E-state index contributed by atoms with van der Waals surface area (Å²) < 4.78 is 0. The zero-order chi connectivity index (χ0) is 16.0. The largest absolute Gasteiger partial charge is 0.396 e. The average molecular weight is 316 g/mol. The van der Waals surface area contributed by atoms with Crippen molar-refractivity contribution in [2.75, 3.05) is 6.61 Å². The molecule has 0 aliphatic heterocycles. The molecule has 0 aromatic heterocycles. The lowest BCUT2D eigenvalue weighted by molar-refractivity contribution is -0.0758. The summed E-state index contributed by atoms with van der Waals surface area (Å²) in [6.45, 7) is 5.42. The highest BCUT2D eigenvalue weighted by molar-refractivity contribution is 5.26. The predicted molar refractivity (Wildman–Crippen MR) is 90.6 cm³/mol. The monoisotopic (exact) mass is 316 g/mol. The Balaban J connectivity index is 1.49. The average Bonchev–Trinajstić information content (AvgIpc) is 3.19. The number of allylic oxidation sites excluding steroid dienone is 1. The molecule has 0 radical (unpaired) electrons. The fourth-order valence-electron chi connectivity index (χ4n) is 8.17. The Kier molecular flexibility index (Phi) is 3.01. The molecule has 0 spiro atoms. The second-order valence-electron chi connectivity index (χ2n) is 9.93. The van der Waals surface area contributed by atoms with Crippen molar-refractivity contribution in [2.45, 2.75) is 64.9 Å². The van der Waals surface area contributed by atoms with Crippen LogP contribution in [0, 0.1) is 46.3 Å². The lowest BCUT2D eigenvalue weighted by Crippen LogP contribution is -2.51. The van der Waals surface area contributed by atoms with E-state index in [1.54, 1.807) is 5.57 Å².